The molecule has 0 aliphatic carbocycles. The molecular formula is C13H16F3N3OS. The van der Waals surface area contributed by atoms with Crippen LogP contribution in [0.1, 0.15) is 31.4 Å². The molecule has 1 saturated heterocycles. The number of carbonyl (C=O) groups excluding carboxylic acids is 1. The lowest BCUT2D eigenvalue weighted by Gasteiger charge is -2.19. The van der Waals surface area contributed by atoms with Crippen molar-refractivity contribution in [3.63, 3.8) is 0 Å². The van der Waals surface area contributed by atoms with Gasteiger partial charge < -0.3 is 4.90 Å². The van der Waals surface area contributed by atoms with Gasteiger partial charge in [0.15, 0.2) is 5.16 Å². The van der Waals surface area contributed by atoms with E-state index in [9.17, 15) is 18.0 Å². The van der Waals surface area contributed by atoms with Crippen molar-refractivity contribution in [1.82, 2.24) is 14.9 Å². The van der Waals surface area contributed by atoms with Gasteiger partial charge in [-0.15, -0.1) is 0 Å². The Labute approximate surface area is 125 Å². The average molecular weight is 319 g/mol. The molecule has 1 aromatic rings. The quantitative estimate of drug-likeness (QED) is 0.635. The highest BCUT2D eigenvalue weighted by molar-refractivity contribution is 7.99. The molecule has 4 nitrogen and oxygen atoms in total. The van der Waals surface area contributed by atoms with E-state index in [0.29, 0.717) is 0 Å². The van der Waals surface area contributed by atoms with Gasteiger partial charge in [-0.25, -0.2) is 9.97 Å². The molecule has 0 atom stereocenters. The highest BCUT2D eigenvalue weighted by Gasteiger charge is 2.32. The molecule has 1 amide bonds. The lowest BCUT2D eigenvalue weighted by Crippen LogP contribution is -2.33. The number of carbonyl (C=O) groups is 1. The fourth-order valence-corrected chi connectivity index (χ4v) is 2.84. The molecule has 0 spiro atoms. The van der Waals surface area contributed by atoms with Gasteiger partial charge >= 0.3 is 6.18 Å². The number of rotatable bonds is 3. The molecule has 1 aromatic heterocycles. The van der Waals surface area contributed by atoms with Crippen molar-refractivity contribution < 1.29 is 18.0 Å². The van der Waals surface area contributed by atoms with E-state index in [1.165, 1.54) is 0 Å². The number of likely N-dealkylation sites (tertiary alicyclic amines) is 1. The van der Waals surface area contributed by atoms with Crippen LogP contribution in [-0.2, 0) is 11.0 Å². The van der Waals surface area contributed by atoms with Crippen LogP contribution >= 0.6 is 11.8 Å². The van der Waals surface area contributed by atoms with Crippen LogP contribution in [0.3, 0.4) is 0 Å². The van der Waals surface area contributed by atoms with Crippen molar-refractivity contribution in [3.05, 3.63) is 18.0 Å². The number of halogens is 3. The first-order valence-electron chi connectivity index (χ1n) is 6.77. The van der Waals surface area contributed by atoms with E-state index in [-0.39, 0.29) is 16.8 Å². The second kappa shape index (κ2) is 7.11. The van der Waals surface area contributed by atoms with Gasteiger partial charge in [-0.3, -0.25) is 4.79 Å². The molecule has 1 fully saturated rings. The zero-order valence-electron chi connectivity index (χ0n) is 11.4. The number of nitrogens with zero attached hydrogens (tertiary/aromatic N) is 3. The van der Waals surface area contributed by atoms with Crippen molar-refractivity contribution >= 4 is 17.7 Å². The first kappa shape index (κ1) is 16.1. The Morgan fingerprint density at radius 1 is 1.24 bits per heavy atom. The van der Waals surface area contributed by atoms with E-state index < -0.39 is 11.9 Å². The van der Waals surface area contributed by atoms with E-state index >= 15 is 0 Å². The molecule has 0 radical (unpaired) electrons. The summed E-state index contributed by atoms with van der Waals surface area (Å²) in [5.41, 5.74) is -0.984. The van der Waals surface area contributed by atoms with E-state index in [4.69, 9.17) is 0 Å². The molecule has 8 heteroatoms. The summed E-state index contributed by atoms with van der Waals surface area (Å²) in [5, 5.41) is -0.0204. The normalized spacial score (nSPS) is 16.6. The van der Waals surface area contributed by atoms with Crippen LogP contribution < -0.4 is 0 Å². The molecule has 0 aromatic carbocycles. The number of thioether (sulfide) groups is 1. The Morgan fingerprint density at radius 2 is 1.90 bits per heavy atom. The van der Waals surface area contributed by atoms with Crippen LogP contribution in [0.2, 0.25) is 0 Å². The third kappa shape index (κ3) is 4.87. The molecule has 0 unspecified atom stereocenters. The van der Waals surface area contributed by atoms with Crippen LogP contribution in [0.25, 0.3) is 0 Å². The second-order valence-electron chi connectivity index (χ2n) is 4.81. The fraction of sp³-hybridized carbons (Fsp3) is 0.615. The maximum Gasteiger partial charge on any atom is 0.433 e. The molecule has 0 N–H and O–H groups in total. The van der Waals surface area contributed by atoms with Gasteiger partial charge in [0, 0.05) is 19.3 Å². The number of hydrogen-bond donors (Lipinski definition) is 0. The molecule has 0 bridgehead atoms. The van der Waals surface area contributed by atoms with Crippen molar-refractivity contribution in [2.45, 2.75) is 37.0 Å². The van der Waals surface area contributed by atoms with Crippen LogP contribution in [0.4, 0.5) is 13.2 Å². The van der Waals surface area contributed by atoms with Gasteiger partial charge in [-0.05, 0) is 18.9 Å². The summed E-state index contributed by atoms with van der Waals surface area (Å²) < 4.78 is 37.6. The Kier molecular flexibility index (Phi) is 5.44. The van der Waals surface area contributed by atoms with Crippen molar-refractivity contribution in [3.8, 4) is 0 Å². The highest BCUT2D eigenvalue weighted by Crippen LogP contribution is 2.28. The predicted octanol–water partition coefficient (Wildman–Crippen LogP) is 2.99. The summed E-state index contributed by atoms with van der Waals surface area (Å²) in [6, 6.07) is 0.820. The van der Waals surface area contributed by atoms with Crippen molar-refractivity contribution in [2.75, 3.05) is 18.8 Å². The van der Waals surface area contributed by atoms with Gasteiger partial charge in [0.2, 0.25) is 5.91 Å². The summed E-state index contributed by atoms with van der Waals surface area (Å²) in [6.45, 7) is 1.45. The summed E-state index contributed by atoms with van der Waals surface area (Å²) in [5.74, 6) is 0.00400. The Bertz CT molecular complexity index is 488. The summed E-state index contributed by atoms with van der Waals surface area (Å²) >= 11 is 0.946. The molecule has 21 heavy (non-hydrogen) atoms. The lowest BCUT2D eigenvalue weighted by molar-refractivity contribution is -0.141. The monoisotopic (exact) mass is 319 g/mol. The number of aromatic nitrogens is 2. The van der Waals surface area contributed by atoms with Crippen LogP contribution in [0, 0.1) is 0 Å². The minimum Gasteiger partial charge on any atom is -0.342 e. The van der Waals surface area contributed by atoms with Crippen molar-refractivity contribution in [2.24, 2.45) is 0 Å². The van der Waals surface area contributed by atoms with Gasteiger partial charge in [0.05, 0.1) is 5.75 Å². The van der Waals surface area contributed by atoms with E-state index in [2.05, 4.69) is 9.97 Å². The first-order valence-corrected chi connectivity index (χ1v) is 7.76. The largest absolute Gasteiger partial charge is 0.433 e. The van der Waals surface area contributed by atoms with Crippen molar-refractivity contribution in [1.29, 1.82) is 0 Å². The topological polar surface area (TPSA) is 46.1 Å². The van der Waals surface area contributed by atoms with Gasteiger partial charge in [0.1, 0.15) is 5.69 Å². The Morgan fingerprint density at radius 3 is 2.52 bits per heavy atom. The van der Waals surface area contributed by atoms with E-state index in [1.54, 1.807) is 4.90 Å². The minimum absolute atomic E-state index is 0.0204. The van der Waals surface area contributed by atoms with Crippen LogP contribution in [0.15, 0.2) is 17.4 Å². The zero-order chi connectivity index (χ0) is 15.3. The predicted molar refractivity (Wildman–Crippen MR) is 72.8 cm³/mol. The summed E-state index contributed by atoms with van der Waals surface area (Å²) in [6.07, 6.45) is 0.774. The third-order valence-corrected chi connectivity index (χ3v) is 4.05. The smallest absolute Gasteiger partial charge is 0.342 e. The standard InChI is InChI=1S/C13H16F3N3OS/c14-13(15,16)10-5-6-17-12(18-10)21-9-11(20)19-7-3-1-2-4-8-19/h5-6H,1-4,7-9H2. The second-order valence-corrected chi connectivity index (χ2v) is 5.75. The van der Waals surface area contributed by atoms with Gasteiger partial charge in [0.25, 0.3) is 0 Å². The van der Waals surface area contributed by atoms with E-state index in [1.807, 2.05) is 0 Å². The molecule has 2 rings (SSSR count). The maximum absolute atomic E-state index is 12.5. The highest BCUT2D eigenvalue weighted by atomic mass is 32.2. The first-order chi connectivity index (χ1) is 9.97. The summed E-state index contributed by atoms with van der Waals surface area (Å²) in [7, 11) is 0. The van der Waals surface area contributed by atoms with Crippen LogP contribution in [-0.4, -0.2) is 39.6 Å². The third-order valence-electron chi connectivity index (χ3n) is 3.21. The fourth-order valence-electron chi connectivity index (χ4n) is 2.11. The number of hydrogen-bond acceptors (Lipinski definition) is 4. The molecule has 1 aliphatic rings. The van der Waals surface area contributed by atoms with E-state index in [0.717, 1.165) is 62.8 Å². The Hall–Kier alpha value is -1.31. The maximum atomic E-state index is 12.5. The number of amides is 1. The lowest BCUT2D eigenvalue weighted by atomic mass is 10.2. The molecule has 116 valence electrons. The average Bonchev–Trinajstić information content (AvgIpc) is 2.73. The minimum atomic E-state index is -4.49. The Balaban J connectivity index is 1.91. The van der Waals surface area contributed by atoms with Gasteiger partial charge in [-0.2, -0.15) is 13.2 Å². The molecule has 1 aliphatic heterocycles. The zero-order valence-corrected chi connectivity index (χ0v) is 12.2. The van der Waals surface area contributed by atoms with Crippen LogP contribution in [0.5, 0.6) is 0 Å². The number of alkyl halides is 3. The molecule has 0 saturated carbocycles. The summed E-state index contributed by atoms with van der Waals surface area (Å²) in [4.78, 5) is 21.0. The molecule has 2 heterocycles. The SMILES string of the molecule is O=C(CSc1nccc(C(F)(F)F)n1)N1CCCCCC1. The van der Waals surface area contributed by atoms with Gasteiger partial charge in [-0.1, -0.05) is 24.6 Å². The molecular weight excluding hydrogens is 303 g/mol.